The van der Waals surface area contributed by atoms with Crippen LogP contribution in [0.15, 0.2) is 146 Å². The van der Waals surface area contributed by atoms with Crippen LogP contribution in [0.1, 0.15) is 102 Å². The van der Waals surface area contributed by atoms with Crippen LogP contribution in [0.5, 0.6) is 23.0 Å². The molecule has 70 heavy (non-hydrogen) atoms. The van der Waals surface area contributed by atoms with Gasteiger partial charge in [0.25, 0.3) is 0 Å². The van der Waals surface area contributed by atoms with E-state index in [1.54, 1.807) is 0 Å². The molecule has 0 heterocycles. The van der Waals surface area contributed by atoms with Crippen molar-refractivity contribution in [1.29, 1.82) is 0 Å². The third-order valence-corrected chi connectivity index (χ3v) is 16.6. The van der Waals surface area contributed by atoms with Gasteiger partial charge in [-0.25, -0.2) is 0 Å². The highest BCUT2D eigenvalue weighted by Gasteiger charge is 2.45. The summed E-state index contributed by atoms with van der Waals surface area (Å²) < 4.78 is 42.8. The number of fused-ring (bicyclic) bond motifs is 4. The maximum atomic E-state index is 7.38. The fourth-order valence-electron chi connectivity index (χ4n) is 10.6. The Hall–Kier alpha value is -5.22. The Morgan fingerprint density at radius 3 is 0.829 bits per heavy atom. The van der Waals surface area contributed by atoms with E-state index in [0.29, 0.717) is 11.8 Å². The molecule has 2 aliphatic rings. The monoisotopic (exact) mass is 974 g/mol. The van der Waals surface area contributed by atoms with Gasteiger partial charge in [-0.3, -0.25) is 9.05 Å². The van der Waals surface area contributed by atoms with E-state index in [-0.39, 0.29) is 24.0 Å². The second-order valence-corrected chi connectivity index (χ2v) is 21.0. The molecule has 0 bridgehead atoms. The molecule has 0 aliphatic heterocycles. The molecule has 2 aliphatic carbocycles. The van der Waals surface area contributed by atoms with Crippen LogP contribution in [0.4, 0.5) is 0 Å². The summed E-state index contributed by atoms with van der Waals surface area (Å²) in [6.45, 7) is 21.4. The van der Waals surface area contributed by atoms with Gasteiger partial charge in [0.2, 0.25) is 0 Å². The summed E-state index contributed by atoms with van der Waals surface area (Å²) in [5.74, 6) is 4.52. The third kappa shape index (κ3) is 11.4. The van der Waals surface area contributed by atoms with E-state index >= 15 is 0 Å². The average molecular weight is 975 g/mol. The molecule has 0 amide bonds. The molecular weight excluding hydrogens is 903 g/mol. The lowest BCUT2D eigenvalue weighted by Gasteiger charge is -2.45. The first-order valence-corrected chi connectivity index (χ1v) is 27.9. The number of hydrogen-bond donors (Lipinski definition) is 0. The number of benzene rings is 8. The van der Waals surface area contributed by atoms with Crippen LogP contribution < -0.4 is 18.1 Å². The number of rotatable bonds is 13. The summed E-state index contributed by atoms with van der Waals surface area (Å²) >= 11 is 0. The molecule has 10 rings (SSSR count). The van der Waals surface area contributed by atoms with Gasteiger partial charge in [-0.1, -0.05) is 163 Å². The minimum absolute atomic E-state index is 0.114. The van der Waals surface area contributed by atoms with Gasteiger partial charge in [-0.15, -0.1) is 0 Å². The Morgan fingerprint density at radius 2 is 0.571 bits per heavy atom. The van der Waals surface area contributed by atoms with Crippen molar-refractivity contribution in [3.8, 4) is 23.0 Å². The van der Waals surface area contributed by atoms with Gasteiger partial charge in [-0.2, -0.15) is 0 Å². The Kier molecular flexibility index (Phi) is 17.4. The molecule has 2 saturated carbocycles. The SMILES string of the molecule is CC.CC.Cc1ccc(OP(Oc2ccc(C)c3ccccc23)OC2CCC(C)CC2C2CC(C)CCC2OP(Oc2ccc(C)c3ccccc23)Oc2ccc(C)c3ccccc23)c2ccccc12. The largest absolute Gasteiger partial charge is 0.463 e. The highest BCUT2D eigenvalue weighted by atomic mass is 31.2. The molecule has 0 radical (unpaired) electrons. The van der Waals surface area contributed by atoms with Gasteiger partial charge in [0.1, 0.15) is 23.0 Å². The smallest absolute Gasteiger partial charge is 0.417 e. The van der Waals surface area contributed by atoms with E-state index in [2.05, 4.69) is 187 Å². The van der Waals surface area contributed by atoms with Crippen LogP contribution in [0.25, 0.3) is 43.1 Å². The zero-order valence-electron chi connectivity index (χ0n) is 42.9. The Bertz CT molecular complexity index is 2630. The number of hydrogen-bond acceptors (Lipinski definition) is 6. The Morgan fingerprint density at radius 1 is 0.329 bits per heavy atom. The zero-order valence-corrected chi connectivity index (χ0v) is 44.7. The molecule has 0 aromatic heterocycles. The molecule has 0 spiro atoms. The lowest BCUT2D eigenvalue weighted by molar-refractivity contribution is -0.0362. The van der Waals surface area contributed by atoms with Gasteiger partial charge >= 0.3 is 17.2 Å². The van der Waals surface area contributed by atoms with Crippen LogP contribution in [-0.4, -0.2) is 12.2 Å². The minimum atomic E-state index is -1.90. The first-order chi connectivity index (χ1) is 34.2. The van der Waals surface area contributed by atoms with Crippen molar-refractivity contribution in [1.82, 2.24) is 0 Å². The summed E-state index contributed by atoms with van der Waals surface area (Å²) in [6.07, 6.45) is 5.77. The Balaban J connectivity index is 0.00000161. The quantitative estimate of drug-likeness (QED) is 0.107. The van der Waals surface area contributed by atoms with Crippen LogP contribution >= 0.6 is 17.2 Å². The fourth-order valence-corrected chi connectivity index (χ4v) is 13.1. The number of aryl methyl sites for hydroxylation is 4. The first-order valence-electron chi connectivity index (χ1n) is 25.8. The van der Waals surface area contributed by atoms with Gasteiger partial charge < -0.3 is 18.1 Å². The molecule has 8 heteroatoms. The van der Waals surface area contributed by atoms with Gasteiger partial charge in [-0.05, 0) is 158 Å². The van der Waals surface area contributed by atoms with Crippen LogP contribution in [0, 0.1) is 51.4 Å². The fraction of sp³-hybridized carbons (Fsp3) is 0.355. The van der Waals surface area contributed by atoms with E-state index in [4.69, 9.17) is 27.1 Å². The summed E-state index contributed by atoms with van der Waals surface area (Å²) in [4.78, 5) is 0. The highest BCUT2D eigenvalue weighted by Crippen LogP contribution is 2.55. The standard InChI is InChI=1S/C58H60O6P2.2C2H6/c1-37-23-29-57(63-65(59-53-31-25-39(3)43-15-7-11-19-47(43)53)60-54-32-26-40(4)44-16-8-12-20-48(44)54)51(35-37)52-36-38(2)24-30-58(52)64-66(61-55-33-27-41(5)45-17-9-13-21-49(45)55)62-56-34-28-42(6)46-18-10-14-22-50(46)56;2*1-2/h7-22,25-28,31-34,37-38,51-52,57-58H,23-24,29-30,35-36H2,1-6H3;2*1-2H3. The van der Waals surface area contributed by atoms with Crippen LogP contribution in [-0.2, 0) is 9.05 Å². The summed E-state index contributed by atoms with van der Waals surface area (Å²) in [6, 6.07) is 50.5. The van der Waals surface area contributed by atoms with Gasteiger partial charge in [0.15, 0.2) is 0 Å². The van der Waals surface area contributed by atoms with Crippen molar-refractivity contribution in [3.05, 3.63) is 168 Å². The van der Waals surface area contributed by atoms with Crippen molar-refractivity contribution in [2.75, 3.05) is 0 Å². The van der Waals surface area contributed by atoms with E-state index in [1.165, 1.54) is 22.3 Å². The van der Waals surface area contributed by atoms with E-state index in [9.17, 15) is 0 Å². The lowest BCUT2D eigenvalue weighted by Crippen LogP contribution is -2.43. The van der Waals surface area contributed by atoms with Gasteiger partial charge in [0.05, 0.1) is 12.2 Å². The van der Waals surface area contributed by atoms with E-state index in [1.807, 2.05) is 27.7 Å². The van der Waals surface area contributed by atoms with E-state index < -0.39 is 17.2 Å². The minimum Gasteiger partial charge on any atom is -0.417 e. The predicted octanol–water partition coefficient (Wildman–Crippen LogP) is 19.3. The van der Waals surface area contributed by atoms with Gasteiger partial charge in [0, 0.05) is 21.5 Å². The molecule has 8 aromatic rings. The zero-order chi connectivity index (χ0) is 49.3. The molecule has 0 N–H and O–H groups in total. The average Bonchev–Trinajstić information content (AvgIpc) is 3.39. The van der Waals surface area contributed by atoms with Crippen molar-refractivity contribution in [2.24, 2.45) is 23.7 Å². The van der Waals surface area contributed by atoms with Crippen molar-refractivity contribution < 1.29 is 27.1 Å². The highest BCUT2D eigenvalue weighted by molar-refractivity contribution is 7.43. The van der Waals surface area contributed by atoms with Crippen molar-refractivity contribution in [2.45, 2.75) is 120 Å². The molecule has 2 fully saturated rings. The lowest BCUT2D eigenvalue weighted by atomic mass is 9.66. The molecule has 0 saturated heterocycles. The maximum Gasteiger partial charge on any atom is 0.463 e. The van der Waals surface area contributed by atoms with Crippen molar-refractivity contribution in [3.63, 3.8) is 0 Å². The molecule has 8 aromatic carbocycles. The maximum absolute atomic E-state index is 7.38. The summed E-state index contributed by atoms with van der Waals surface area (Å²) in [7, 11) is -3.80. The molecule has 6 nitrogen and oxygen atoms in total. The Labute approximate surface area is 420 Å². The molecular formula is C62H72O6P2. The predicted molar refractivity (Wildman–Crippen MR) is 297 cm³/mol. The van der Waals surface area contributed by atoms with Crippen molar-refractivity contribution >= 4 is 60.3 Å². The van der Waals surface area contributed by atoms with E-state index in [0.717, 1.165) is 105 Å². The topological polar surface area (TPSA) is 55.4 Å². The third-order valence-electron chi connectivity index (χ3n) is 14.3. The first kappa shape index (κ1) is 51.1. The molecule has 6 atom stereocenters. The molecule has 6 unspecified atom stereocenters. The normalized spacial score (nSPS) is 20.2. The van der Waals surface area contributed by atoms with Crippen LogP contribution in [0.2, 0.25) is 0 Å². The second-order valence-electron chi connectivity index (χ2n) is 19.0. The summed E-state index contributed by atoms with van der Waals surface area (Å²) in [5.41, 5.74) is 4.80. The molecule has 366 valence electrons. The summed E-state index contributed by atoms with van der Waals surface area (Å²) in [5, 5.41) is 8.81. The van der Waals surface area contributed by atoms with Crippen LogP contribution in [0.3, 0.4) is 0 Å². The second kappa shape index (κ2) is 23.8.